The maximum atomic E-state index is 11.6. The molecule has 0 aliphatic rings. The normalized spacial score (nSPS) is 11.5. The van der Waals surface area contributed by atoms with Crippen LogP contribution in [0.4, 0.5) is 4.79 Å². The summed E-state index contributed by atoms with van der Waals surface area (Å²) in [4.78, 5) is 22.9. The summed E-state index contributed by atoms with van der Waals surface area (Å²) < 4.78 is 4.92. The molecule has 2 aromatic carbocycles. The predicted octanol–water partition coefficient (Wildman–Crippen LogP) is 2.97. The molecule has 126 valence electrons. The van der Waals surface area contributed by atoms with Crippen LogP contribution >= 0.6 is 0 Å². The summed E-state index contributed by atoms with van der Waals surface area (Å²) in [5.41, 5.74) is 1.05. The molecule has 0 radical (unpaired) electrons. The molecular weight excluding hydrogens is 304 g/mol. The second-order valence-corrected chi connectivity index (χ2v) is 5.51. The van der Waals surface area contributed by atoms with Gasteiger partial charge in [-0.1, -0.05) is 55.1 Å². The smallest absolute Gasteiger partial charge is 0.407 e. The fourth-order valence-corrected chi connectivity index (χ4v) is 2.43. The fourth-order valence-electron chi connectivity index (χ4n) is 2.43. The molecule has 2 aromatic rings. The van der Waals surface area contributed by atoms with E-state index in [0.717, 1.165) is 16.3 Å². The van der Waals surface area contributed by atoms with E-state index in [4.69, 9.17) is 4.74 Å². The van der Waals surface area contributed by atoms with Gasteiger partial charge in [0.05, 0.1) is 0 Å². The number of nitrogens with one attached hydrogen (secondary N) is 2. The first-order valence-electron chi connectivity index (χ1n) is 7.85. The van der Waals surface area contributed by atoms with Crippen LogP contribution in [0.15, 0.2) is 55.1 Å². The van der Waals surface area contributed by atoms with Gasteiger partial charge in [-0.25, -0.2) is 4.79 Å². The SMILES string of the molecule is C=CCOC(=O)NC[C@@H](CNC(C)=O)c1ccc2ccccc2c1. The van der Waals surface area contributed by atoms with Gasteiger partial charge in [0.15, 0.2) is 0 Å². The monoisotopic (exact) mass is 326 g/mol. The van der Waals surface area contributed by atoms with E-state index >= 15 is 0 Å². The van der Waals surface area contributed by atoms with Gasteiger partial charge >= 0.3 is 6.09 Å². The average molecular weight is 326 g/mol. The minimum atomic E-state index is -0.497. The Kier molecular flexibility index (Phi) is 6.37. The minimum Gasteiger partial charge on any atom is -0.445 e. The van der Waals surface area contributed by atoms with Gasteiger partial charge in [-0.15, -0.1) is 0 Å². The molecule has 0 aliphatic heterocycles. The van der Waals surface area contributed by atoms with Crippen LogP contribution in [-0.4, -0.2) is 31.7 Å². The van der Waals surface area contributed by atoms with Crippen molar-refractivity contribution in [1.82, 2.24) is 10.6 Å². The van der Waals surface area contributed by atoms with E-state index < -0.39 is 6.09 Å². The highest BCUT2D eigenvalue weighted by molar-refractivity contribution is 5.83. The highest BCUT2D eigenvalue weighted by Crippen LogP contribution is 2.21. The van der Waals surface area contributed by atoms with Crippen molar-refractivity contribution in [3.05, 3.63) is 60.7 Å². The summed E-state index contributed by atoms with van der Waals surface area (Å²) in [6.07, 6.45) is 1.01. The first kappa shape index (κ1) is 17.5. The first-order chi connectivity index (χ1) is 11.6. The van der Waals surface area contributed by atoms with Gasteiger partial charge in [0.25, 0.3) is 0 Å². The largest absolute Gasteiger partial charge is 0.445 e. The standard InChI is InChI=1S/C19H22N2O3/c1-3-10-24-19(23)21-13-18(12-20-14(2)22)17-9-8-15-6-4-5-7-16(15)11-17/h3-9,11,18H,1,10,12-13H2,2H3,(H,20,22)(H,21,23)/t18-/m1/s1. The number of amides is 2. The van der Waals surface area contributed by atoms with Crippen LogP contribution in [0, 0.1) is 0 Å². The number of ether oxygens (including phenoxy) is 1. The van der Waals surface area contributed by atoms with Crippen LogP contribution in [0.3, 0.4) is 0 Å². The average Bonchev–Trinajstić information content (AvgIpc) is 2.59. The molecule has 5 nitrogen and oxygen atoms in total. The van der Waals surface area contributed by atoms with E-state index in [1.165, 1.54) is 13.0 Å². The Labute approximate surface area is 141 Å². The molecule has 0 fully saturated rings. The number of hydrogen-bond donors (Lipinski definition) is 2. The van der Waals surface area contributed by atoms with Crippen LogP contribution in [0.2, 0.25) is 0 Å². The van der Waals surface area contributed by atoms with E-state index in [9.17, 15) is 9.59 Å². The van der Waals surface area contributed by atoms with Gasteiger partial charge in [0.1, 0.15) is 6.61 Å². The van der Waals surface area contributed by atoms with Crippen LogP contribution < -0.4 is 10.6 Å². The summed E-state index contributed by atoms with van der Waals surface area (Å²) >= 11 is 0. The third-order valence-corrected chi connectivity index (χ3v) is 3.67. The maximum absolute atomic E-state index is 11.6. The van der Waals surface area contributed by atoms with Crippen LogP contribution in [0.1, 0.15) is 18.4 Å². The van der Waals surface area contributed by atoms with Gasteiger partial charge in [0.2, 0.25) is 5.91 Å². The lowest BCUT2D eigenvalue weighted by Crippen LogP contribution is -2.35. The summed E-state index contributed by atoms with van der Waals surface area (Å²) in [5.74, 6) is -0.148. The van der Waals surface area contributed by atoms with Crippen molar-refractivity contribution in [2.75, 3.05) is 19.7 Å². The van der Waals surface area contributed by atoms with Crippen molar-refractivity contribution in [3.63, 3.8) is 0 Å². The van der Waals surface area contributed by atoms with Crippen LogP contribution in [0.5, 0.6) is 0 Å². The third kappa shape index (κ3) is 5.12. The molecule has 24 heavy (non-hydrogen) atoms. The number of benzene rings is 2. The highest BCUT2D eigenvalue weighted by atomic mass is 16.5. The molecule has 0 bridgehead atoms. The molecule has 0 saturated heterocycles. The zero-order chi connectivity index (χ0) is 17.4. The van der Waals surface area contributed by atoms with Gasteiger partial charge in [-0.3, -0.25) is 4.79 Å². The molecule has 0 aromatic heterocycles. The molecule has 0 aliphatic carbocycles. The lowest BCUT2D eigenvalue weighted by Gasteiger charge is -2.19. The second kappa shape index (κ2) is 8.72. The summed E-state index contributed by atoms with van der Waals surface area (Å²) in [6.45, 7) is 5.95. The number of rotatable bonds is 7. The van der Waals surface area contributed by atoms with Crippen LogP contribution in [0.25, 0.3) is 10.8 Å². The predicted molar refractivity (Wildman–Crippen MR) is 94.9 cm³/mol. The molecule has 2 amide bonds. The van der Waals surface area contributed by atoms with Crippen molar-refractivity contribution in [1.29, 1.82) is 0 Å². The zero-order valence-corrected chi connectivity index (χ0v) is 13.7. The number of hydrogen-bond acceptors (Lipinski definition) is 3. The second-order valence-electron chi connectivity index (χ2n) is 5.51. The van der Waals surface area contributed by atoms with E-state index in [0.29, 0.717) is 13.1 Å². The van der Waals surface area contributed by atoms with Crippen molar-refractivity contribution < 1.29 is 14.3 Å². The molecule has 0 unspecified atom stereocenters. The number of carbonyl (C=O) groups excluding carboxylic acids is 2. The molecule has 0 spiro atoms. The Morgan fingerprint density at radius 1 is 1.12 bits per heavy atom. The van der Waals surface area contributed by atoms with E-state index in [1.54, 1.807) is 0 Å². The lowest BCUT2D eigenvalue weighted by atomic mass is 9.96. The Balaban J connectivity index is 2.12. The van der Waals surface area contributed by atoms with Crippen molar-refractivity contribution in [3.8, 4) is 0 Å². The summed E-state index contributed by atoms with van der Waals surface area (Å²) in [5, 5.41) is 7.81. The zero-order valence-electron chi connectivity index (χ0n) is 13.7. The Morgan fingerprint density at radius 2 is 1.83 bits per heavy atom. The Bertz CT molecular complexity index is 727. The minimum absolute atomic E-state index is 0.0465. The van der Waals surface area contributed by atoms with Crippen LogP contribution in [-0.2, 0) is 9.53 Å². The molecular formula is C19H22N2O3. The van der Waals surface area contributed by atoms with Crippen molar-refractivity contribution >= 4 is 22.8 Å². The molecule has 0 heterocycles. The summed E-state index contributed by atoms with van der Waals surface area (Å²) in [6, 6.07) is 14.2. The Morgan fingerprint density at radius 3 is 2.54 bits per heavy atom. The van der Waals surface area contributed by atoms with Gasteiger partial charge < -0.3 is 15.4 Å². The fraction of sp³-hybridized carbons (Fsp3) is 0.263. The Hall–Kier alpha value is -2.82. The molecule has 5 heteroatoms. The van der Waals surface area contributed by atoms with E-state index in [1.807, 2.05) is 36.4 Å². The van der Waals surface area contributed by atoms with Gasteiger partial charge in [-0.05, 0) is 16.3 Å². The number of carbonyl (C=O) groups is 2. The van der Waals surface area contributed by atoms with Crippen molar-refractivity contribution in [2.45, 2.75) is 12.8 Å². The molecule has 2 rings (SSSR count). The number of alkyl carbamates (subject to hydrolysis) is 1. The number of fused-ring (bicyclic) bond motifs is 1. The summed E-state index contributed by atoms with van der Waals surface area (Å²) in [7, 11) is 0. The van der Waals surface area contributed by atoms with Crippen molar-refractivity contribution in [2.24, 2.45) is 0 Å². The topological polar surface area (TPSA) is 67.4 Å². The molecule has 2 N–H and O–H groups in total. The first-order valence-corrected chi connectivity index (χ1v) is 7.85. The third-order valence-electron chi connectivity index (χ3n) is 3.67. The maximum Gasteiger partial charge on any atom is 0.407 e. The molecule has 0 saturated carbocycles. The van der Waals surface area contributed by atoms with Gasteiger partial charge in [-0.2, -0.15) is 0 Å². The van der Waals surface area contributed by atoms with Gasteiger partial charge in [0, 0.05) is 25.9 Å². The lowest BCUT2D eigenvalue weighted by molar-refractivity contribution is -0.119. The quantitative estimate of drug-likeness (QED) is 0.769. The van der Waals surface area contributed by atoms with E-state index in [-0.39, 0.29) is 18.4 Å². The highest BCUT2D eigenvalue weighted by Gasteiger charge is 2.14. The van der Waals surface area contributed by atoms with E-state index in [2.05, 4.69) is 23.3 Å². The molecule has 1 atom stereocenters.